The number of nitrogens with zero attached hydrogens (tertiary/aromatic N) is 3. The first-order chi connectivity index (χ1) is 13.8. The number of methoxy groups -OCH3 is 1. The lowest BCUT2D eigenvalue weighted by molar-refractivity contribution is 0.0751. The summed E-state index contributed by atoms with van der Waals surface area (Å²) in [5, 5.41) is 14.7. The molecule has 0 bridgehead atoms. The lowest BCUT2D eigenvalue weighted by atomic mass is 9.78. The van der Waals surface area contributed by atoms with Crippen LogP contribution in [-0.2, 0) is 13.0 Å². The van der Waals surface area contributed by atoms with Crippen LogP contribution >= 0.6 is 0 Å². The Bertz CT molecular complexity index is 891. The fourth-order valence-electron chi connectivity index (χ4n) is 4.10. The summed E-state index contributed by atoms with van der Waals surface area (Å²) in [4.78, 5) is 13.5. The predicted octanol–water partition coefficient (Wildman–Crippen LogP) is 4.99. The summed E-state index contributed by atoms with van der Waals surface area (Å²) >= 11 is 0. The lowest BCUT2D eigenvalue weighted by Gasteiger charge is -2.42. The van der Waals surface area contributed by atoms with Gasteiger partial charge in [0.1, 0.15) is 5.75 Å². The monoisotopic (exact) mass is 397 g/mol. The second-order valence-corrected chi connectivity index (χ2v) is 8.56. The number of benzene rings is 1. The molecule has 3 rings (SSSR count). The average molecular weight is 398 g/mol. The molecule has 0 aliphatic carbocycles. The molecule has 1 unspecified atom stereocenters. The summed E-state index contributed by atoms with van der Waals surface area (Å²) in [6, 6.07) is 7.76. The van der Waals surface area contributed by atoms with Gasteiger partial charge >= 0.3 is 6.09 Å². The minimum absolute atomic E-state index is 0.232. The van der Waals surface area contributed by atoms with E-state index in [1.165, 1.54) is 0 Å². The van der Waals surface area contributed by atoms with Crippen LogP contribution in [0.25, 0.3) is 6.08 Å². The van der Waals surface area contributed by atoms with Crippen molar-refractivity contribution in [2.45, 2.75) is 53.1 Å². The summed E-state index contributed by atoms with van der Waals surface area (Å²) in [6.07, 6.45) is 4.82. The fraction of sp³-hybridized carbons (Fsp3) is 0.478. The van der Waals surface area contributed by atoms with Crippen molar-refractivity contribution in [1.29, 1.82) is 0 Å². The van der Waals surface area contributed by atoms with Crippen molar-refractivity contribution < 1.29 is 14.6 Å². The van der Waals surface area contributed by atoms with E-state index in [2.05, 4.69) is 33.8 Å². The molecule has 156 valence electrons. The van der Waals surface area contributed by atoms with Gasteiger partial charge in [0.25, 0.3) is 0 Å². The Morgan fingerprint density at radius 2 is 2.00 bits per heavy atom. The van der Waals surface area contributed by atoms with Crippen molar-refractivity contribution in [2.75, 3.05) is 13.7 Å². The molecule has 6 nitrogen and oxygen atoms in total. The van der Waals surface area contributed by atoms with Crippen molar-refractivity contribution in [1.82, 2.24) is 14.7 Å². The van der Waals surface area contributed by atoms with Gasteiger partial charge in [-0.2, -0.15) is 5.10 Å². The molecule has 0 saturated heterocycles. The van der Waals surface area contributed by atoms with Crippen LogP contribution in [0.2, 0.25) is 0 Å². The van der Waals surface area contributed by atoms with Gasteiger partial charge in [-0.15, -0.1) is 0 Å². The molecule has 1 amide bonds. The van der Waals surface area contributed by atoms with Crippen LogP contribution in [0.15, 0.2) is 30.3 Å². The van der Waals surface area contributed by atoms with Crippen molar-refractivity contribution in [3.63, 3.8) is 0 Å². The van der Waals surface area contributed by atoms with Crippen LogP contribution < -0.4 is 4.74 Å². The molecular formula is C23H31N3O3. The molecule has 6 heteroatoms. The zero-order valence-corrected chi connectivity index (χ0v) is 18.0. The second kappa shape index (κ2) is 8.31. The molecule has 1 aliphatic heterocycles. The molecule has 1 N–H and O–H groups in total. The van der Waals surface area contributed by atoms with E-state index in [0.717, 1.165) is 34.7 Å². The van der Waals surface area contributed by atoms with E-state index in [0.29, 0.717) is 19.5 Å². The highest BCUT2D eigenvalue weighted by Crippen LogP contribution is 2.44. The quantitative estimate of drug-likeness (QED) is 0.772. The maximum Gasteiger partial charge on any atom is 0.407 e. The fourth-order valence-corrected chi connectivity index (χ4v) is 4.10. The smallest absolute Gasteiger partial charge is 0.407 e. The molecule has 0 radical (unpaired) electrons. The van der Waals surface area contributed by atoms with E-state index < -0.39 is 6.09 Å². The predicted molar refractivity (Wildman–Crippen MR) is 114 cm³/mol. The summed E-state index contributed by atoms with van der Waals surface area (Å²) < 4.78 is 7.30. The Hall–Kier alpha value is -2.76. The highest BCUT2D eigenvalue weighted by molar-refractivity contribution is 5.68. The van der Waals surface area contributed by atoms with E-state index in [1.807, 2.05) is 35.0 Å². The molecular weight excluding hydrogens is 366 g/mol. The topological polar surface area (TPSA) is 67.6 Å². The van der Waals surface area contributed by atoms with E-state index in [4.69, 9.17) is 9.84 Å². The highest BCUT2D eigenvalue weighted by atomic mass is 16.5. The molecule has 1 aliphatic rings. The minimum atomic E-state index is -0.871. The Balaban J connectivity index is 2.08. The van der Waals surface area contributed by atoms with Crippen molar-refractivity contribution >= 4 is 12.2 Å². The number of carbonyl (C=O) groups is 1. The average Bonchev–Trinajstić information content (AvgIpc) is 3.02. The van der Waals surface area contributed by atoms with Gasteiger partial charge in [-0.1, -0.05) is 45.9 Å². The summed E-state index contributed by atoms with van der Waals surface area (Å²) in [6.45, 7) is 9.50. The number of hydrogen-bond donors (Lipinski definition) is 1. The largest absolute Gasteiger partial charge is 0.497 e. The van der Waals surface area contributed by atoms with Crippen molar-refractivity contribution in [3.8, 4) is 5.75 Å². The summed E-state index contributed by atoms with van der Waals surface area (Å²) in [5.41, 5.74) is 3.95. The Morgan fingerprint density at radius 3 is 2.55 bits per heavy atom. The number of amides is 1. The summed E-state index contributed by atoms with van der Waals surface area (Å²) in [7, 11) is 1.66. The van der Waals surface area contributed by atoms with Gasteiger partial charge in [-0.05, 0) is 35.6 Å². The number of allylic oxidation sites excluding steroid dienone is 1. The number of ether oxygens (including phenoxy) is 1. The first-order valence-electron chi connectivity index (χ1n) is 10.1. The van der Waals surface area contributed by atoms with Gasteiger partial charge in [0.2, 0.25) is 0 Å². The lowest BCUT2D eigenvalue weighted by Crippen LogP contribution is -2.45. The maximum atomic E-state index is 12.0. The Kier molecular flexibility index (Phi) is 6.01. The Labute approximate surface area is 172 Å². The third-order valence-corrected chi connectivity index (χ3v) is 5.37. The maximum absolute atomic E-state index is 12.0. The number of rotatable bonds is 5. The summed E-state index contributed by atoms with van der Waals surface area (Å²) in [5.74, 6) is 0.827. The molecule has 0 spiro atoms. The number of hydrogen-bond acceptors (Lipinski definition) is 3. The second-order valence-electron chi connectivity index (χ2n) is 8.56. The first-order valence-corrected chi connectivity index (χ1v) is 10.1. The van der Waals surface area contributed by atoms with E-state index in [-0.39, 0.29) is 11.5 Å². The first kappa shape index (κ1) is 21.0. The third-order valence-electron chi connectivity index (χ3n) is 5.37. The van der Waals surface area contributed by atoms with Crippen LogP contribution in [0.3, 0.4) is 0 Å². The van der Waals surface area contributed by atoms with Crippen LogP contribution in [0.5, 0.6) is 5.75 Å². The molecule has 2 aromatic rings. The SMILES string of the molecule is CCC=Cc1nn(Cc2ccc(OC)cc2)c2c1C(C(C)(C)C)N(C(=O)O)CC2. The molecule has 2 heterocycles. The minimum Gasteiger partial charge on any atom is -0.497 e. The molecule has 0 fully saturated rings. The van der Waals surface area contributed by atoms with Crippen LogP contribution in [0.4, 0.5) is 4.79 Å². The zero-order chi connectivity index (χ0) is 21.2. The molecule has 1 atom stereocenters. The van der Waals surface area contributed by atoms with Crippen molar-refractivity contribution in [3.05, 3.63) is 52.9 Å². The van der Waals surface area contributed by atoms with E-state index in [9.17, 15) is 9.90 Å². The Morgan fingerprint density at radius 1 is 1.31 bits per heavy atom. The number of aromatic nitrogens is 2. The van der Waals surface area contributed by atoms with Crippen LogP contribution in [0.1, 0.15) is 62.7 Å². The molecule has 29 heavy (non-hydrogen) atoms. The van der Waals surface area contributed by atoms with E-state index in [1.54, 1.807) is 12.0 Å². The molecule has 0 saturated carbocycles. The number of carboxylic acid groups (broad SMARTS) is 1. The van der Waals surface area contributed by atoms with Crippen LogP contribution in [0, 0.1) is 5.41 Å². The van der Waals surface area contributed by atoms with Gasteiger partial charge in [0.05, 0.1) is 25.4 Å². The molecule has 1 aromatic carbocycles. The zero-order valence-electron chi connectivity index (χ0n) is 18.0. The van der Waals surface area contributed by atoms with Gasteiger partial charge in [-0.3, -0.25) is 4.68 Å². The van der Waals surface area contributed by atoms with E-state index >= 15 is 0 Å². The van der Waals surface area contributed by atoms with Gasteiger partial charge in [0, 0.05) is 24.2 Å². The standard InChI is InChI=1S/C23H31N3O3/c1-6-7-8-18-20-19(13-14-25(22(27)28)21(20)23(2,3)4)26(24-18)15-16-9-11-17(29-5)12-10-16/h7-12,21H,6,13-15H2,1-5H3,(H,27,28). The normalized spacial score (nSPS) is 16.9. The highest BCUT2D eigenvalue weighted by Gasteiger charge is 2.42. The van der Waals surface area contributed by atoms with Gasteiger partial charge < -0.3 is 14.7 Å². The third kappa shape index (κ3) is 4.31. The molecule has 1 aromatic heterocycles. The van der Waals surface area contributed by atoms with Gasteiger partial charge in [-0.25, -0.2) is 4.79 Å². The van der Waals surface area contributed by atoms with Crippen LogP contribution in [-0.4, -0.2) is 39.5 Å². The number of fused-ring (bicyclic) bond motifs is 1. The van der Waals surface area contributed by atoms with Gasteiger partial charge in [0.15, 0.2) is 0 Å². The van der Waals surface area contributed by atoms with Crippen molar-refractivity contribution in [2.24, 2.45) is 5.41 Å².